The van der Waals surface area contributed by atoms with Crippen molar-refractivity contribution in [3.05, 3.63) is 59.0 Å². The van der Waals surface area contributed by atoms with E-state index in [1.807, 2.05) is 54.6 Å². The number of aliphatic imine (C=N–C) groups is 1. The van der Waals surface area contributed by atoms with Gasteiger partial charge in [0.05, 0.1) is 17.7 Å². The Labute approximate surface area is 149 Å². The first kappa shape index (κ1) is 15.4. The van der Waals surface area contributed by atoms with Crippen molar-refractivity contribution in [2.75, 3.05) is 12.4 Å². The van der Waals surface area contributed by atoms with Gasteiger partial charge in [0.1, 0.15) is 5.75 Å². The Morgan fingerprint density at radius 1 is 1.16 bits per heavy atom. The van der Waals surface area contributed by atoms with Gasteiger partial charge >= 0.3 is 0 Å². The molecule has 5 nitrogen and oxygen atoms in total. The number of para-hydroxylation sites is 1. The van der Waals surface area contributed by atoms with Gasteiger partial charge in [-0.2, -0.15) is 4.98 Å². The second-order valence-electron chi connectivity index (χ2n) is 5.44. The van der Waals surface area contributed by atoms with Crippen LogP contribution in [-0.2, 0) is 0 Å². The van der Waals surface area contributed by atoms with Crippen molar-refractivity contribution in [3.63, 3.8) is 0 Å². The molecule has 25 heavy (non-hydrogen) atoms. The maximum absolute atomic E-state index is 10.2. The number of hydrogen-bond donors (Lipinski definition) is 2. The highest BCUT2D eigenvalue weighted by atomic mass is 32.1. The van der Waals surface area contributed by atoms with Gasteiger partial charge < -0.3 is 15.2 Å². The number of fused-ring (bicyclic) bond motifs is 1. The molecule has 0 radical (unpaired) electrons. The van der Waals surface area contributed by atoms with Crippen molar-refractivity contribution in [2.24, 2.45) is 4.99 Å². The first-order chi connectivity index (χ1) is 12.2. The minimum absolute atomic E-state index is 0.000627. The van der Waals surface area contributed by atoms with Gasteiger partial charge in [-0.3, -0.25) is 4.99 Å². The van der Waals surface area contributed by atoms with Crippen LogP contribution in [0.1, 0.15) is 10.4 Å². The van der Waals surface area contributed by atoms with Crippen LogP contribution in [0, 0.1) is 0 Å². The number of methoxy groups -OCH3 is 1. The number of thiazole rings is 1. The lowest BCUT2D eigenvalue weighted by Gasteiger charge is -2.04. The third kappa shape index (κ3) is 3.12. The maximum atomic E-state index is 10.2. The number of rotatable bonds is 4. The number of nitrogens with zero attached hydrogens (tertiary/aromatic N) is 2. The lowest BCUT2D eigenvalue weighted by Crippen LogP contribution is -1.90. The Bertz CT molecular complexity index is 992. The predicted molar refractivity (Wildman–Crippen MR) is 103 cm³/mol. The molecule has 6 heteroatoms. The second kappa shape index (κ2) is 6.41. The largest absolute Gasteiger partial charge is 0.497 e. The van der Waals surface area contributed by atoms with E-state index in [1.54, 1.807) is 13.3 Å². The average Bonchev–Trinajstić information content (AvgIpc) is 3.19. The van der Waals surface area contributed by atoms with Crippen LogP contribution in [0.4, 0.5) is 16.5 Å². The van der Waals surface area contributed by atoms with Crippen LogP contribution >= 0.6 is 11.3 Å². The summed E-state index contributed by atoms with van der Waals surface area (Å²) in [7, 11) is 1.62. The number of anilines is 2. The van der Waals surface area contributed by atoms with Crippen LogP contribution < -0.4 is 10.1 Å². The zero-order valence-corrected chi connectivity index (χ0v) is 14.2. The van der Waals surface area contributed by atoms with Crippen molar-refractivity contribution >= 4 is 45.7 Å². The molecule has 0 aliphatic carbocycles. The highest BCUT2D eigenvalue weighted by Gasteiger charge is 2.14. The Hall–Kier alpha value is -3.12. The molecule has 0 atom stereocenters. The SMILES string of the molecule is COc1cccc(Nc2nc(O)c(/C=C3\C=Nc4ccccc43)s2)c1. The van der Waals surface area contributed by atoms with Crippen LogP contribution in [-0.4, -0.2) is 23.4 Å². The zero-order chi connectivity index (χ0) is 17.2. The molecule has 0 saturated heterocycles. The van der Waals surface area contributed by atoms with E-state index >= 15 is 0 Å². The van der Waals surface area contributed by atoms with E-state index in [1.165, 1.54) is 11.3 Å². The number of ether oxygens (including phenoxy) is 1. The minimum Gasteiger partial charge on any atom is -0.497 e. The predicted octanol–water partition coefficient (Wildman–Crippen LogP) is 4.86. The molecule has 4 rings (SSSR count). The van der Waals surface area contributed by atoms with E-state index < -0.39 is 0 Å². The standard InChI is InChI=1S/C19H15N3O2S/c1-24-14-6-4-5-13(10-14)21-19-22-18(23)17(25-19)9-12-11-20-16-8-3-2-7-15(12)16/h2-11,23H,1H3,(H,21,22)/b12-9+. The van der Waals surface area contributed by atoms with E-state index in [-0.39, 0.29) is 5.88 Å². The van der Waals surface area contributed by atoms with Crippen LogP contribution in [0.15, 0.2) is 53.5 Å². The van der Waals surface area contributed by atoms with Gasteiger partial charge in [0.25, 0.3) is 0 Å². The Morgan fingerprint density at radius 3 is 2.92 bits per heavy atom. The molecule has 1 aromatic heterocycles. The summed E-state index contributed by atoms with van der Waals surface area (Å²) in [6, 6.07) is 15.5. The molecule has 2 aromatic carbocycles. The van der Waals surface area contributed by atoms with Gasteiger partial charge in [-0.15, -0.1) is 0 Å². The monoisotopic (exact) mass is 349 g/mol. The molecule has 1 aliphatic rings. The smallest absolute Gasteiger partial charge is 0.231 e. The van der Waals surface area contributed by atoms with Crippen LogP contribution in [0.5, 0.6) is 11.6 Å². The second-order valence-corrected chi connectivity index (χ2v) is 6.47. The molecular weight excluding hydrogens is 334 g/mol. The van der Waals surface area contributed by atoms with Gasteiger partial charge in [-0.1, -0.05) is 35.6 Å². The molecule has 3 aromatic rings. The van der Waals surface area contributed by atoms with Crippen molar-refractivity contribution < 1.29 is 9.84 Å². The summed E-state index contributed by atoms with van der Waals surface area (Å²) in [5, 5.41) is 14.0. The van der Waals surface area contributed by atoms with E-state index in [0.29, 0.717) is 10.0 Å². The Balaban J connectivity index is 1.61. The quantitative estimate of drug-likeness (QED) is 0.706. The van der Waals surface area contributed by atoms with E-state index in [0.717, 1.165) is 28.3 Å². The fraction of sp³-hybridized carbons (Fsp3) is 0.0526. The molecule has 0 saturated carbocycles. The first-order valence-electron chi connectivity index (χ1n) is 7.69. The van der Waals surface area contributed by atoms with Crippen molar-refractivity contribution in [2.45, 2.75) is 0 Å². The number of benzene rings is 2. The summed E-state index contributed by atoms with van der Waals surface area (Å²) < 4.78 is 5.21. The summed E-state index contributed by atoms with van der Waals surface area (Å²) in [4.78, 5) is 9.26. The molecule has 2 heterocycles. The molecule has 0 unspecified atom stereocenters. The van der Waals surface area contributed by atoms with Crippen molar-refractivity contribution in [1.82, 2.24) is 4.98 Å². The van der Waals surface area contributed by atoms with Gasteiger partial charge in [0.2, 0.25) is 5.88 Å². The molecule has 1 aliphatic heterocycles. The number of hydrogen-bond acceptors (Lipinski definition) is 6. The molecule has 2 N–H and O–H groups in total. The third-order valence-electron chi connectivity index (χ3n) is 3.80. The van der Waals surface area contributed by atoms with E-state index in [4.69, 9.17) is 4.74 Å². The Morgan fingerprint density at radius 2 is 2.04 bits per heavy atom. The molecule has 124 valence electrons. The summed E-state index contributed by atoms with van der Waals surface area (Å²) in [5.41, 5.74) is 3.80. The van der Waals surface area contributed by atoms with Crippen LogP contribution in [0.25, 0.3) is 11.6 Å². The Kier molecular flexibility index (Phi) is 3.95. The number of nitrogens with one attached hydrogen (secondary N) is 1. The zero-order valence-electron chi connectivity index (χ0n) is 13.4. The fourth-order valence-corrected chi connectivity index (χ4v) is 3.42. The molecule has 0 spiro atoms. The van der Waals surface area contributed by atoms with Gasteiger partial charge in [0, 0.05) is 29.1 Å². The highest BCUT2D eigenvalue weighted by Crippen LogP contribution is 2.37. The molecule has 0 bridgehead atoms. The number of allylic oxidation sites excluding steroid dienone is 1. The number of aromatic hydroxyl groups is 1. The van der Waals surface area contributed by atoms with E-state index in [9.17, 15) is 5.11 Å². The average molecular weight is 349 g/mol. The third-order valence-corrected chi connectivity index (χ3v) is 4.71. The van der Waals surface area contributed by atoms with E-state index in [2.05, 4.69) is 15.3 Å². The molecular formula is C19H15N3O2S. The minimum atomic E-state index is 0.000627. The highest BCUT2D eigenvalue weighted by molar-refractivity contribution is 7.16. The van der Waals surface area contributed by atoms with Crippen molar-refractivity contribution in [3.8, 4) is 11.6 Å². The fourth-order valence-electron chi connectivity index (χ4n) is 2.59. The molecule has 0 amide bonds. The van der Waals surface area contributed by atoms with Gasteiger partial charge in [-0.05, 0) is 24.3 Å². The summed E-state index contributed by atoms with van der Waals surface area (Å²) in [5.74, 6) is 0.757. The summed E-state index contributed by atoms with van der Waals surface area (Å²) >= 11 is 1.38. The lowest BCUT2D eigenvalue weighted by molar-refractivity contribution is 0.415. The van der Waals surface area contributed by atoms with Gasteiger partial charge in [0.15, 0.2) is 5.13 Å². The number of aromatic nitrogens is 1. The topological polar surface area (TPSA) is 66.7 Å². The van der Waals surface area contributed by atoms with Crippen LogP contribution in [0.2, 0.25) is 0 Å². The summed E-state index contributed by atoms with van der Waals surface area (Å²) in [6.45, 7) is 0. The molecule has 0 fully saturated rings. The van der Waals surface area contributed by atoms with Gasteiger partial charge in [-0.25, -0.2) is 0 Å². The lowest BCUT2D eigenvalue weighted by atomic mass is 10.1. The van der Waals surface area contributed by atoms with Crippen molar-refractivity contribution in [1.29, 1.82) is 0 Å². The van der Waals surface area contributed by atoms with Crippen LogP contribution in [0.3, 0.4) is 0 Å². The maximum Gasteiger partial charge on any atom is 0.231 e. The first-order valence-corrected chi connectivity index (χ1v) is 8.50. The summed E-state index contributed by atoms with van der Waals surface area (Å²) in [6.07, 6.45) is 3.71. The normalized spacial score (nSPS) is 13.9.